The van der Waals surface area contributed by atoms with Crippen molar-refractivity contribution in [3.63, 3.8) is 0 Å². The number of carbonyl (C=O) groups excluding carboxylic acids is 1. The molecule has 0 spiro atoms. The summed E-state index contributed by atoms with van der Waals surface area (Å²) in [7, 11) is 0. The zero-order valence-electron chi connectivity index (χ0n) is 9.98. The SMILES string of the molecule is O=C(Nc1cccc2cn[nH]c12)C1CCOCC1. The van der Waals surface area contributed by atoms with E-state index in [1.165, 1.54) is 0 Å². The van der Waals surface area contributed by atoms with Crippen molar-refractivity contribution >= 4 is 22.5 Å². The number of para-hydroxylation sites is 1. The average molecular weight is 245 g/mol. The standard InChI is InChI=1S/C13H15N3O2/c17-13(9-4-6-18-7-5-9)15-11-3-1-2-10-8-14-16-12(10)11/h1-3,8-9H,4-7H2,(H,14,16)(H,15,17). The average Bonchev–Trinajstić information content (AvgIpc) is 2.89. The molecule has 5 nitrogen and oxygen atoms in total. The van der Waals surface area contributed by atoms with E-state index < -0.39 is 0 Å². The zero-order chi connectivity index (χ0) is 12.4. The highest BCUT2D eigenvalue weighted by molar-refractivity contribution is 6.00. The number of hydrogen-bond donors (Lipinski definition) is 2. The van der Waals surface area contributed by atoms with E-state index in [4.69, 9.17) is 4.74 Å². The van der Waals surface area contributed by atoms with Gasteiger partial charge in [-0.2, -0.15) is 5.10 Å². The van der Waals surface area contributed by atoms with Gasteiger partial charge in [-0.15, -0.1) is 0 Å². The second-order valence-corrected chi connectivity index (χ2v) is 4.52. The van der Waals surface area contributed by atoms with E-state index in [-0.39, 0.29) is 11.8 Å². The molecular weight excluding hydrogens is 230 g/mol. The smallest absolute Gasteiger partial charge is 0.227 e. The van der Waals surface area contributed by atoms with Crippen LogP contribution < -0.4 is 5.32 Å². The van der Waals surface area contributed by atoms with Gasteiger partial charge in [0.1, 0.15) is 0 Å². The van der Waals surface area contributed by atoms with Crippen LogP contribution >= 0.6 is 0 Å². The second-order valence-electron chi connectivity index (χ2n) is 4.52. The highest BCUT2D eigenvalue weighted by atomic mass is 16.5. The van der Waals surface area contributed by atoms with Crippen LogP contribution in [0.4, 0.5) is 5.69 Å². The third-order valence-electron chi connectivity index (χ3n) is 3.33. The number of H-pyrrole nitrogens is 1. The van der Waals surface area contributed by atoms with Crippen LogP contribution in [0.5, 0.6) is 0 Å². The van der Waals surface area contributed by atoms with Gasteiger partial charge < -0.3 is 10.1 Å². The predicted molar refractivity (Wildman–Crippen MR) is 68.3 cm³/mol. The number of fused-ring (bicyclic) bond motifs is 1. The Bertz CT molecular complexity index is 558. The van der Waals surface area contributed by atoms with Gasteiger partial charge in [-0.05, 0) is 18.9 Å². The minimum absolute atomic E-state index is 0.0527. The van der Waals surface area contributed by atoms with Crippen molar-refractivity contribution < 1.29 is 9.53 Å². The molecule has 1 aliphatic rings. The predicted octanol–water partition coefficient (Wildman–Crippen LogP) is 1.93. The highest BCUT2D eigenvalue weighted by Crippen LogP contribution is 2.23. The highest BCUT2D eigenvalue weighted by Gasteiger charge is 2.22. The summed E-state index contributed by atoms with van der Waals surface area (Å²) in [6.07, 6.45) is 3.34. The van der Waals surface area contributed by atoms with Crippen LogP contribution in [0.1, 0.15) is 12.8 Å². The summed E-state index contributed by atoms with van der Waals surface area (Å²) >= 11 is 0. The number of aromatic amines is 1. The molecule has 0 unspecified atom stereocenters. The van der Waals surface area contributed by atoms with Gasteiger partial charge in [0.2, 0.25) is 5.91 Å². The van der Waals surface area contributed by atoms with Crippen LogP contribution in [0, 0.1) is 5.92 Å². The lowest BCUT2D eigenvalue weighted by molar-refractivity contribution is -0.122. The number of ether oxygens (including phenoxy) is 1. The fourth-order valence-electron chi connectivity index (χ4n) is 2.27. The molecule has 1 aliphatic heterocycles. The molecular formula is C13H15N3O2. The van der Waals surface area contributed by atoms with E-state index in [2.05, 4.69) is 15.5 Å². The Morgan fingerprint density at radius 1 is 1.39 bits per heavy atom. The normalized spacial score (nSPS) is 16.9. The monoisotopic (exact) mass is 245 g/mol. The fourth-order valence-corrected chi connectivity index (χ4v) is 2.27. The molecule has 2 heterocycles. The van der Waals surface area contributed by atoms with Crippen molar-refractivity contribution in [3.8, 4) is 0 Å². The molecule has 18 heavy (non-hydrogen) atoms. The zero-order valence-corrected chi connectivity index (χ0v) is 9.98. The number of hydrogen-bond acceptors (Lipinski definition) is 3. The third-order valence-corrected chi connectivity index (χ3v) is 3.33. The largest absolute Gasteiger partial charge is 0.381 e. The number of benzene rings is 1. The molecule has 1 aromatic heterocycles. The maximum absolute atomic E-state index is 12.1. The summed E-state index contributed by atoms with van der Waals surface area (Å²) in [6, 6.07) is 5.76. The van der Waals surface area contributed by atoms with E-state index in [0.29, 0.717) is 13.2 Å². The Morgan fingerprint density at radius 3 is 3.06 bits per heavy atom. The minimum atomic E-state index is 0.0527. The fraction of sp³-hybridized carbons (Fsp3) is 0.385. The first-order valence-corrected chi connectivity index (χ1v) is 6.15. The molecule has 94 valence electrons. The summed E-state index contributed by atoms with van der Waals surface area (Å²) in [5.41, 5.74) is 1.67. The van der Waals surface area contributed by atoms with Crippen molar-refractivity contribution in [2.24, 2.45) is 5.92 Å². The van der Waals surface area contributed by atoms with Crippen molar-refractivity contribution in [1.82, 2.24) is 10.2 Å². The van der Waals surface area contributed by atoms with E-state index >= 15 is 0 Å². The first-order valence-electron chi connectivity index (χ1n) is 6.15. The van der Waals surface area contributed by atoms with Gasteiger partial charge in [-0.1, -0.05) is 12.1 Å². The van der Waals surface area contributed by atoms with Crippen molar-refractivity contribution in [2.75, 3.05) is 18.5 Å². The van der Waals surface area contributed by atoms with Crippen LogP contribution in [0.25, 0.3) is 10.9 Å². The van der Waals surface area contributed by atoms with Gasteiger partial charge in [-0.25, -0.2) is 0 Å². The van der Waals surface area contributed by atoms with E-state index in [9.17, 15) is 4.79 Å². The molecule has 0 atom stereocenters. The third kappa shape index (κ3) is 2.09. The Kier molecular flexibility index (Phi) is 2.98. The molecule has 0 saturated carbocycles. The number of aromatic nitrogens is 2. The summed E-state index contributed by atoms with van der Waals surface area (Å²) in [4.78, 5) is 12.1. The quantitative estimate of drug-likeness (QED) is 0.849. The topological polar surface area (TPSA) is 67.0 Å². The van der Waals surface area contributed by atoms with Gasteiger partial charge in [0, 0.05) is 24.5 Å². The lowest BCUT2D eigenvalue weighted by Crippen LogP contribution is -2.28. The number of nitrogens with one attached hydrogen (secondary N) is 2. The van der Waals surface area contributed by atoms with E-state index in [1.54, 1.807) is 6.20 Å². The summed E-state index contributed by atoms with van der Waals surface area (Å²) in [5.74, 6) is 0.123. The van der Waals surface area contributed by atoms with Crippen LogP contribution in [-0.4, -0.2) is 29.3 Å². The molecule has 5 heteroatoms. The molecule has 2 aromatic rings. The van der Waals surface area contributed by atoms with Crippen LogP contribution in [0.2, 0.25) is 0 Å². The maximum atomic E-state index is 12.1. The first kappa shape index (κ1) is 11.2. The molecule has 0 radical (unpaired) electrons. The summed E-state index contributed by atoms with van der Waals surface area (Å²) < 4.78 is 5.26. The Labute approximate surface area is 105 Å². The number of rotatable bonds is 2. The molecule has 0 bridgehead atoms. The first-order chi connectivity index (χ1) is 8.84. The lowest BCUT2D eigenvalue weighted by Gasteiger charge is -2.21. The summed E-state index contributed by atoms with van der Waals surface area (Å²) in [5, 5.41) is 10.9. The number of amides is 1. The number of carbonyl (C=O) groups is 1. The van der Waals surface area contributed by atoms with Crippen molar-refractivity contribution in [2.45, 2.75) is 12.8 Å². The lowest BCUT2D eigenvalue weighted by atomic mass is 9.99. The minimum Gasteiger partial charge on any atom is -0.381 e. The van der Waals surface area contributed by atoms with E-state index in [0.717, 1.165) is 29.4 Å². The molecule has 2 N–H and O–H groups in total. The maximum Gasteiger partial charge on any atom is 0.227 e. The Hall–Kier alpha value is -1.88. The van der Waals surface area contributed by atoms with Gasteiger partial charge in [0.25, 0.3) is 0 Å². The van der Waals surface area contributed by atoms with Gasteiger partial charge >= 0.3 is 0 Å². The molecule has 0 aliphatic carbocycles. The van der Waals surface area contributed by atoms with Gasteiger partial charge in [0.15, 0.2) is 0 Å². The van der Waals surface area contributed by atoms with Gasteiger partial charge in [-0.3, -0.25) is 9.89 Å². The van der Waals surface area contributed by atoms with Crippen LogP contribution in [0.3, 0.4) is 0 Å². The Morgan fingerprint density at radius 2 is 2.22 bits per heavy atom. The van der Waals surface area contributed by atoms with E-state index in [1.807, 2.05) is 18.2 Å². The van der Waals surface area contributed by atoms with Crippen molar-refractivity contribution in [1.29, 1.82) is 0 Å². The Balaban J connectivity index is 1.79. The molecule has 1 fully saturated rings. The summed E-state index contributed by atoms with van der Waals surface area (Å²) in [6.45, 7) is 1.35. The number of nitrogens with zero attached hydrogens (tertiary/aromatic N) is 1. The molecule has 1 aromatic carbocycles. The van der Waals surface area contributed by atoms with Crippen LogP contribution in [-0.2, 0) is 9.53 Å². The molecule has 1 saturated heterocycles. The molecule has 1 amide bonds. The molecule has 3 rings (SSSR count). The second kappa shape index (κ2) is 4.78. The van der Waals surface area contributed by atoms with Crippen LogP contribution in [0.15, 0.2) is 24.4 Å². The number of anilines is 1. The van der Waals surface area contributed by atoms with Gasteiger partial charge in [0.05, 0.1) is 17.4 Å². The van der Waals surface area contributed by atoms with Crippen molar-refractivity contribution in [3.05, 3.63) is 24.4 Å².